The molecule has 32 heavy (non-hydrogen) atoms. The maximum absolute atomic E-state index is 12.9. The number of rotatable bonds is 6. The van der Waals surface area contributed by atoms with Crippen LogP contribution in [0.15, 0.2) is 85.7 Å². The van der Waals surface area contributed by atoms with Gasteiger partial charge in [0.25, 0.3) is 5.91 Å². The van der Waals surface area contributed by atoms with Gasteiger partial charge >= 0.3 is 0 Å². The number of fused-ring (bicyclic) bond motifs is 1. The highest BCUT2D eigenvalue weighted by molar-refractivity contribution is 6.06. The molecule has 0 fully saturated rings. The molecule has 3 heterocycles. The molecule has 0 aliphatic carbocycles. The van der Waals surface area contributed by atoms with Crippen molar-refractivity contribution in [2.45, 2.75) is 13.5 Å². The van der Waals surface area contributed by atoms with Crippen LogP contribution in [0.2, 0.25) is 0 Å². The molecule has 0 bridgehead atoms. The van der Waals surface area contributed by atoms with E-state index in [2.05, 4.69) is 20.4 Å². The standard InChI is InChI=1S/C24H20N6O2/c1-17-5-4-12-29-13-19(27-23(17)29)14-32-22-7-3-2-6-21(22)24(31)28-18-8-10-20(11-9-18)30-16-25-15-26-30/h2-13,15-16H,14H2,1H3,(H,28,31). The monoisotopic (exact) mass is 424 g/mol. The van der Waals surface area contributed by atoms with Crippen LogP contribution in [0.1, 0.15) is 21.6 Å². The number of para-hydroxylation sites is 1. The highest BCUT2D eigenvalue weighted by Gasteiger charge is 2.14. The largest absolute Gasteiger partial charge is 0.486 e. The van der Waals surface area contributed by atoms with Crippen LogP contribution in [0, 0.1) is 6.92 Å². The van der Waals surface area contributed by atoms with Crippen molar-refractivity contribution in [2.24, 2.45) is 0 Å². The van der Waals surface area contributed by atoms with Crippen molar-refractivity contribution in [2.75, 3.05) is 5.32 Å². The predicted octanol–water partition coefficient (Wildman–Crippen LogP) is 4.05. The van der Waals surface area contributed by atoms with E-state index in [1.165, 1.54) is 6.33 Å². The van der Waals surface area contributed by atoms with Crippen LogP contribution in [-0.4, -0.2) is 30.1 Å². The molecule has 0 saturated heterocycles. The van der Waals surface area contributed by atoms with Crippen molar-refractivity contribution < 1.29 is 9.53 Å². The molecule has 2 aromatic carbocycles. The lowest BCUT2D eigenvalue weighted by molar-refractivity contribution is 0.102. The Kier molecular flexibility index (Phi) is 5.09. The molecule has 0 aliphatic heterocycles. The summed E-state index contributed by atoms with van der Waals surface area (Å²) in [6, 6.07) is 18.5. The van der Waals surface area contributed by atoms with Crippen LogP contribution >= 0.6 is 0 Å². The van der Waals surface area contributed by atoms with Gasteiger partial charge in [0.05, 0.1) is 16.9 Å². The second-order valence-corrected chi connectivity index (χ2v) is 7.28. The number of imidazole rings is 1. The van der Waals surface area contributed by atoms with Gasteiger partial charge in [-0.25, -0.2) is 14.6 Å². The second-order valence-electron chi connectivity index (χ2n) is 7.28. The maximum Gasteiger partial charge on any atom is 0.259 e. The molecule has 5 aromatic rings. The molecule has 158 valence electrons. The Bertz CT molecular complexity index is 1370. The number of anilines is 1. The topological polar surface area (TPSA) is 86.3 Å². The minimum Gasteiger partial charge on any atom is -0.486 e. The number of pyridine rings is 1. The Morgan fingerprint density at radius 1 is 1.06 bits per heavy atom. The average Bonchev–Trinajstić information content (AvgIpc) is 3.49. The number of aromatic nitrogens is 5. The fourth-order valence-corrected chi connectivity index (χ4v) is 3.44. The van der Waals surface area contributed by atoms with Crippen molar-refractivity contribution in [3.63, 3.8) is 0 Å². The molecule has 3 aromatic heterocycles. The maximum atomic E-state index is 12.9. The third-order valence-corrected chi connectivity index (χ3v) is 5.04. The zero-order chi connectivity index (χ0) is 21.9. The summed E-state index contributed by atoms with van der Waals surface area (Å²) in [5, 5.41) is 7.01. The summed E-state index contributed by atoms with van der Waals surface area (Å²) in [7, 11) is 0. The predicted molar refractivity (Wildman–Crippen MR) is 120 cm³/mol. The van der Waals surface area contributed by atoms with Gasteiger partial charge in [-0.1, -0.05) is 18.2 Å². The van der Waals surface area contributed by atoms with Crippen LogP contribution in [0.3, 0.4) is 0 Å². The molecule has 1 amide bonds. The number of nitrogens with one attached hydrogen (secondary N) is 1. The van der Waals surface area contributed by atoms with E-state index in [4.69, 9.17) is 4.74 Å². The lowest BCUT2D eigenvalue weighted by atomic mass is 10.2. The van der Waals surface area contributed by atoms with Crippen molar-refractivity contribution in [1.29, 1.82) is 0 Å². The quantitative estimate of drug-likeness (QED) is 0.444. The number of hydrogen-bond acceptors (Lipinski definition) is 5. The minimum absolute atomic E-state index is 0.250. The molecule has 5 rings (SSSR count). The number of benzene rings is 2. The number of ether oxygens (including phenoxy) is 1. The summed E-state index contributed by atoms with van der Waals surface area (Å²) in [5.74, 6) is 0.248. The molecule has 0 unspecified atom stereocenters. The van der Waals surface area contributed by atoms with Gasteiger partial charge in [-0.2, -0.15) is 5.10 Å². The van der Waals surface area contributed by atoms with Crippen LogP contribution in [0.25, 0.3) is 11.3 Å². The Morgan fingerprint density at radius 2 is 1.91 bits per heavy atom. The van der Waals surface area contributed by atoms with E-state index < -0.39 is 0 Å². The number of nitrogens with zero attached hydrogens (tertiary/aromatic N) is 5. The van der Waals surface area contributed by atoms with E-state index in [9.17, 15) is 4.79 Å². The number of hydrogen-bond donors (Lipinski definition) is 1. The van der Waals surface area contributed by atoms with Gasteiger partial charge in [0.1, 0.15) is 30.7 Å². The van der Waals surface area contributed by atoms with Gasteiger partial charge in [0, 0.05) is 18.1 Å². The number of amides is 1. The lowest BCUT2D eigenvalue weighted by Gasteiger charge is -2.11. The smallest absolute Gasteiger partial charge is 0.259 e. The fourth-order valence-electron chi connectivity index (χ4n) is 3.44. The SMILES string of the molecule is Cc1cccn2cc(COc3ccccc3C(=O)Nc3ccc(-n4cncn4)cc3)nc12. The number of carbonyl (C=O) groups is 1. The lowest BCUT2D eigenvalue weighted by Crippen LogP contribution is -2.13. The van der Waals surface area contributed by atoms with E-state index in [1.807, 2.05) is 72.2 Å². The van der Waals surface area contributed by atoms with Gasteiger partial charge in [-0.15, -0.1) is 0 Å². The van der Waals surface area contributed by atoms with E-state index in [0.29, 0.717) is 17.0 Å². The Hall–Kier alpha value is -4.46. The first kappa shape index (κ1) is 19.5. The number of carbonyl (C=O) groups excluding carboxylic acids is 1. The normalized spacial score (nSPS) is 10.9. The highest BCUT2D eigenvalue weighted by Crippen LogP contribution is 2.22. The summed E-state index contributed by atoms with van der Waals surface area (Å²) in [6.07, 6.45) is 6.97. The van der Waals surface area contributed by atoms with E-state index in [1.54, 1.807) is 23.1 Å². The summed E-state index contributed by atoms with van der Waals surface area (Å²) in [6.45, 7) is 2.28. The van der Waals surface area contributed by atoms with Gasteiger partial charge in [-0.05, 0) is 55.0 Å². The third kappa shape index (κ3) is 3.93. The molecule has 0 atom stereocenters. The van der Waals surface area contributed by atoms with Crippen LogP contribution in [0.5, 0.6) is 5.75 Å². The summed E-state index contributed by atoms with van der Waals surface area (Å²) in [4.78, 5) is 21.5. The molecule has 8 heteroatoms. The molecular formula is C24H20N6O2. The zero-order valence-electron chi connectivity index (χ0n) is 17.3. The van der Waals surface area contributed by atoms with Crippen LogP contribution < -0.4 is 10.1 Å². The number of aryl methyl sites for hydroxylation is 1. The van der Waals surface area contributed by atoms with E-state index >= 15 is 0 Å². The van der Waals surface area contributed by atoms with Gasteiger partial charge in [-0.3, -0.25) is 4.79 Å². The van der Waals surface area contributed by atoms with Crippen LogP contribution in [0.4, 0.5) is 5.69 Å². The van der Waals surface area contributed by atoms with Crippen molar-refractivity contribution >= 4 is 17.2 Å². The average molecular weight is 424 g/mol. The highest BCUT2D eigenvalue weighted by atomic mass is 16.5. The first-order chi connectivity index (χ1) is 15.7. The Labute approximate surface area is 184 Å². The molecular weight excluding hydrogens is 404 g/mol. The summed E-state index contributed by atoms with van der Waals surface area (Å²) in [5.41, 5.74) is 4.75. The Morgan fingerprint density at radius 3 is 2.69 bits per heavy atom. The molecule has 0 saturated carbocycles. The third-order valence-electron chi connectivity index (χ3n) is 5.04. The molecule has 8 nitrogen and oxygen atoms in total. The van der Waals surface area contributed by atoms with E-state index in [-0.39, 0.29) is 12.5 Å². The first-order valence-corrected chi connectivity index (χ1v) is 10.1. The molecule has 1 N–H and O–H groups in total. The zero-order valence-corrected chi connectivity index (χ0v) is 17.3. The van der Waals surface area contributed by atoms with Crippen molar-refractivity contribution in [3.05, 3.63) is 103 Å². The molecule has 0 spiro atoms. The second kappa shape index (κ2) is 8.35. The van der Waals surface area contributed by atoms with Gasteiger partial charge < -0.3 is 14.5 Å². The summed E-state index contributed by atoms with van der Waals surface area (Å²) >= 11 is 0. The van der Waals surface area contributed by atoms with Crippen molar-refractivity contribution in [3.8, 4) is 11.4 Å². The first-order valence-electron chi connectivity index (χ1n) is 10.1. The minimum atomic E-state index is -0.250. The summed E-state index contributed by atoms with van der Waals surface area (Å²) < 4.78 is 9.58. The fraction of sp³-hybridized carbons (Fsp3) is 0.0833. The van der Waals surface area contributed by atoms with E-state index in [0.717, 1.165) is 22.6 Å². The van der Waals surface area contributed by atoms with Gasteiger partial charge in [0.15, 0.2) is 0 Å². The van der Waals surface area contributed by atoms with Crippen molar-refractivity contribution in [1.82, 2.24) is 24.1 Å². The molecule has 0 aliphatic rings. The van der Waals surface area contributed by atoms with Gasteiger partial charge in [0.2, 0.25) is 0 Å². The molecule has 0 radical (unpaired) electrons. The Balaban J connectivity index is 1.30. The van der Waals surface area contributed by atoms with Crippen LogP contribution in [-0.2, 0) is 6.61 Å².